The first-order valence-corrected chi connectivity index (χ1v) is 5.54. The lowest BCUT2D eigenvalue weighted by Crippen LogP contribution is -2.07. The van der Waals surface area contributed by atoms with Gasteiger partial charge in [-0.3, -0.25) is 9.59 Å². The molecule has 4 heteroatoms. The highest BCUT2D eigenvalue weighted by molar-refractivity contribution is 5.96. The minimum absolute atomic E-state index is 0.0247. The molecule has 0 heterocycles. The van der Waals surface area contributed by atoms with Gasteiger partial charge in [0.1, 0.15) is 0 Å². The Morgan fingerprint density at radius 3 is 2.35 bits per heavy atom. The van der Waals surface area contributed by atoms with Crippen LogP contribution in [-0.4, -0.2) is 18.9 Å². The number of hydrogen-bond acceptors (Lipinski definition) is 4. The maximum atomic E-state index is 11.5. The molecule has 0 N–H and O–H groups in total. The molecule has 92 valence electrons. The van der Waals surface area contributed by atoms with Crippen molar-refractivity contribution >= 4 is 11.8 Å². The lowest BCUT2D eigenvalue weighted by atomic mass is 10.1. The highest BCUT2D eigenvalue weighted by Crippen LogP contribution is 2.28. The summed E-state index contributed by atoms with van der Waals surface area (Å²) in [4.78, 5) is 22.7. The number of carbonyl (C=O) groups excluding carboxylic acids is 2. The van der Waals surface area contributed by atoms with Crippen LogP contribution in [0.1, 0.15) is 37.0 Å². The minimum Gasteiger partial charge on any atom is -0.493 e. The molecule has 0 aromatic heterocycles. The number of carbonyl (C=O) groups is 2. The van der Waals surface area contributed by atoms with Gasteiger partial charge in [-0.2, -0.15) is 0 Å². The third-order valence-corrected chi connectivity index (χ3v) is 2.32. The van der Waals surface area contributed by atoms with Crippen LogP contribution in [0.15, 0.2) is 18.2 Å². The van der Waals surface area contributed by atoms with E-state index in [9.17, 15) is 9.59 Å². The number of esters is 1. The van der Waals surface area contributed by atoms with E-state index in [-0.39, 0.29) is 11.8 Å². The van der Waals surface area contributed by atoms with Crippen molar-refractivity contribution in [2.75, 3.05) is 7.11 Å². The van der Waals surface area contributed by atoms with Gasteiger partial charge >= 0.3 is 5.97 Å². The summed E-state index contributed by atoms with van der Waals surface area (Å²) in [5.41, 5.74) is 0.556. The minimum atomic E-state index is -0.335. The molecule has 0 saturated heterocycles. The van der Waals surface area contributed by atoms with Gasteiger partial charge in [-0.25, -0.2) is 0 Å². The smallest absolute Gasteiger partial charge is 0.311 e. The van der Waals surface area contributed by atoms with Crippen molar-refractivity contribution in [1.82, 2.24) is 0 Å². The summed E-state index contributed by atoms with van der Waals surface area (Å²) in [6.07, 6.45) is 0.718. The van der Waals surface area contributed by atoms with Gasteiger partial charge < -0.3 is 9.47 Å². The molecule has 0 aliphatic heterocycles. The molecular formula is C13H16O4. The van der Waals surface area contributed by atoms with Gasteiger partial charge in [-0.1, -0.05) is 13.8 Å². The van der Waals surface area contributed by atoms with Crippen molar-refractivity contribution < 1.29 is 19.1 Å². The molecular weight excluding hydrogens is 220 g/mol. The number of Topliss-reactive ketones (excluding diaryl/α,β-unsaturated/α-hetero) is 1. The van der Waals surface area contributed by atoms with Crippen LogP contribution < -0.4 is 9.47 Å². The topological polar surface area (TPSA) is 52.6 Å². The molecule has 0 spiro atoms. The van der Waals surface area contributed by atoms with E-state index < -0.39 is 0 Å². The fraction of sp³-hybridized carbons (Fsp3) is 0.385. The Labute approximate surface area is 101 Å². The molecule has 0 aliphatic carbocycles. The zero-order valence-corrected chi connectivity index (χ0v) is 10.3. The van der Waals surface area contributed by atoms with Crippen LogP contribution >= 0.6 is 0 Å². The molecule has 0 fully saturated rings. The van der Waals surface area contributed by atoms with Crippen molar-refractivity contribution in [2.45, 2.75) is 26.7 Å². The van der Waals surface area contributed by atoms with Crippen LogP contribution in [0.3, 0.4) is 0 Å². The van der Waals surface area contributed by atoms with Crippen molar-refractivity contribution in [3.05, 3.63) is 23.8 Å². The summed E-state index contributed by atoms with van der Waals surface area (Å²) in [5.74, 6) is 0.424. The number of methoxy groups -OCH3 is 1. The van der Waals surface area contributed by atoms with Gasteiger partial charge in [-0.05, 0) is 18.2 Å². The summed E-state index contributed by atoms with van der Waals surface area (Å²) in [6, 6.07) is 4.80. The van der Waals surface area contributed by atoms with Crippen LogP contribution in [0.2, 0.25) is 0 Å². The van der Waals surface area contributed by atoms with Gasteiger partial charge in [0.25, 0.3) is 0 Å². The van der Waals surface area contributed by atoms with Crippen LogP contribution in [-0.2, 0) is 4.79 Å². The standard InChI is InChI=1S/C13H16O4/c1-4-10(14)9-6-7-11(12(8-9)16-3)17-13(15)5-2/h6-8H,4-5H2,1-3H3. The van der Waals surface area contributed by atoms with Gasteiger partial charge in [0.2, 0.25) is 0 Å². The van der Waals surface area contributed by atoms with E-state index in [1.807, 2.05) is 0 Å². The number of rotatable bonds is 5. The first-order chi connectivity index (χ1) is 8.12. The first kappa shape index (κ1) is 13.2. The summed E-state index contributed by atoms with van der Waals surface area (Å²) >= 11 is 0. The highest BCUT2D eigenvalue weighted by atomic mass is 16.6. The van der Waals surface area contributed by atoms with Crippen LogP contribution in [0.5, 0.6) is 11.5 Å². The van der Waals surface area contributed by atoms with E-state index >= 15 is 0 Å². The van der Waals surface area contributed by atoms with E-state index in [2.05, 4.69) is 0 Å². The fourth-order valence-electron chi connectivity index (χ4n) is 1.32. The van der Waals surface area contributed by atoms with Crippen molar-refractivity contribution in [3.63, 3.8) is 0 Å². The molecule has 4 nitrogen and oxygen atoms in total. The quantitative estimate of drug-likeness (QED) is 0.448. The molecule has 0 aliphatic rings. The number of ketones is 1. The Hall–Kier alpha value is -1.84. The van der Waals surface area contributed by atoms with E-state index in [0.717, 1.165) is 0 Å². The summed E-state index contributed by atoms with van der Waals surface area (Å²) in [6.45, 7) is 3.50. The molecule has 1 aromatic rings. The molecule has 0 atom stereocenters. The molecule has 1 aromatic carbocycles. The van der Waals surface area contributed by atoms with Crippen LogP contribution in [0, 0.1) is 0 Å². The zero-order valence-electron chi connectivity index (χ0n) is 10.3. The average molecular weight is 236 g/mol. The highest BCUT2D eigenvalue weighted by Gasteiger charge is 2.12. The number of hydrogen-bond donors (Lipinski definition) is 0. The largest absolute Gasteiger partial charge is 0.493 e. The van der Waals surface area contributed by atoms with E-state index in [1.165, 1.54) is 7.11 Å². The van der Waals surface area contributed by atoms with Crippen LogP contribution in [0.25, 0.3) is 0 Å². The second kappa shape index (κ2) is 6.03. The molecule has 0 unspecified atom stereocenters. The maximum Gasteiger partial charge on any atom is 0.311 e. The zero-order chi connectivity index (χ0) is 12.8. The lowest BCUT2D eigenvalue weighted by molar-refractivity contribution is -0.134. The van der Waals surface area contributed by atoms with Gasteiger partial charge in [0.05, 0.1) is 7.11 Å². The summed E-state index contributed by atoms with van der Waals surface area (Å²) in [7, 11) is 1.47. The van der Waals surface area contributed by atoms with Crippen molar-refractivity contribution in [3.8, 4) is 11.5 Å². The second-order valence-corrected chi connectivity index (χ2v) is 3.47. The first-order valence-electron chi connectivity index (χ1n) is 5.54. The van der Waals surface area contributed by atoms with Crippen molar-refractivity contribution in [1.29, 1.82) is 0 Å². The Morgan fingerprint density at radius 1 is 1.12 bits per heavy atom. The normalized spacial score (nSPS) is 9.82. The van der Waals surface area contributed by atoms with Gasteiger partial charge in [-0.15, -0.1) is 0 Å². The summed E-state index contributed by atoms with van der Waals surface area (Å²) < 4.78 is 10.2. The van der Waals surface area contributed by atoms with Crippen LogP contribution in [0.4, 0.5) is 0 Å². The molecule has 0 saturated carbocycles. The fourth-order valence-corrected chi connectivity index (χ4v) is 1.32. The Morgan fingerprint density at radius 2 is 1.82 bits per heavy atom. The Balaban J connectivity index is 3.01. The third kappa shape index (κ3) is 3.31. The average Bonchev–Trinajstić information content (AvgIpc) is 2.37. The Bertz CT molecular complexity index is 423. The van der Waals surface area contributed by atoms with E-state index in [0.29, 0.717) is 29.9 Å². The predicted molar refractivity (Wildman–Crippen MR) is 63.5 cm³/mol. The van der Waals surface area contributed by atoms with Crippen molar-refractivity contribution in [2.24, 2.45) is 0 Å². The monoisotopic (exact) mass is 236 g/mol. The van der Waals surface area contributed by atoms with E-state index in [1.54, 1.807) is 32.0 Å². The SMILES string of the molecule is CCC(=O)Oc1ccc(C(=O)CC)cc1OC. The number of ether oxygens (including phenoxy) is 2. The number of benzene rings is 1. The predicted octanol–water partition coefficient (Wildman–Crippen LogP) is 2.60. The third-order valence-electron chi connectivity index (χ3n) is 2.32. The molecule has 0 bridgehead atoms. The Kier molecular flexibility index (Phi) is 4.69. The summed E-state index contributed by atoms with van der Waals surface area (Å²) in [5, 5.41) is 0. The lowest BCUT2D eigenvalue weighted by Gasteiger charge is -2.09. The molecule has 1 rings (SSSR count). The molecule has 17 heavy (non-hydrogen) atoms. The van der Waals surface area contributed by atoms with E-state index in [4.69, 9.17) is 9.47 Å². The van der Waals surface area contributed by atoms with Gasteiger partial charge in [0.15, 0.2) is 17.3 Å². The second-order valence-electron chi connectivity index (χ2n) is 3.47. The molecule has 0 radical (unpaired) electrons. The van der Waals surface area contributed by atoms with Gasteiger partial charge in [0, 0.05) is 18.4 Å². The molecule has 0 amide bonds. The maximum absolute atomic E-state index is 11.5.